The van der Waals surface area contributed by atoms with Crippen LogP contribution in [0.25, 0.3) is 16.5 Å². The standard InChI is InChI=1S/C23H26N6O/c1-28-11-9-19-17(14-28)12-18(22(30)29(19)2)26-23-25-13-16-8-10-24-20(21(16)27-23)15-6-4-3-5-7-15/h6,8,10,12-13H,3-5,7,9,11,14H2,1-2H3,(H,25,26,27). The van der Waals surface area contributed by atoms with Crippen molar-refractivity contribution in [1.29, 1.82) is 0 Å². The lowest BCUT2D eigenvalue weighted by atomic mass is 9.96. The third-order valence-corrected chi connectivity index (χ3v) is 6.14. The highest BCUT2D eigenvalue weighted by Gasteiger charge is 2.19. The van der Waals surface area contributed by atoms with E-state index in [1.165, 1.54) is 24.0 Å². The van der Waals surface area contributed by atoms with Crippen LogP contribution in [0, 0.1) is 0 Å². The Labute approximate surface area is 175 Å². The van der Waals surface area contributed by atoms with Gasteiger partial charge in [0.1, 0.15) is 11.2 Å². The van der Waals surface area contributed by atoms with E-state index < -0.39 is 0 Å². The van der Waals surface area contributed by atoms with E-state index in [0.29, 0.717) is 11.6 Å². The first-order chi connectivity index (χ1) is 14.6. The molecule has 0 spiro atoms. The molecule has 5 rings (SSSR count). The van der Waals surface area contributed by atoms with Gasteiger partial charge in [-0.1, -0.05) is 6.08 Å². The van der Waals surface area contributed by atoms with Crippen LogP contribution in [-0.2, 0) is 20.0 Å². The van der Waals surface area contributed by atoms with E-state index in [1.807, 2.05) is 25.4 Å². The molecule has 0 atom stereocenters. The van der Waals surface area contributed by atoms with Gasteiger partial charge in [-0.3, -0.25) is 9.78 Å². The van der Waals surface area contributed by atoms with Crippen molar-refractivity contribution in [2.24, 2.45) is 7.05 Å². The van der Waals surface area contributed by atoms with Gasteiger partial charge in [0, 0.05) is 50.0 Å². The molecule has 0 fully saturated rings. The second kappa shape index (κ2) is 7.65. The van der Waals surface area contributed by atoms with Crippen molar-refractivity contribution in [3.05, 3.63) is 57.9 Å². The predicted molar refractivity (Wildman–Crippen MR) is 119 cm³/mol. The first-order valence-corrected chi connectivity index (χ1v) is 10.6. The molecule has 3 aromatic heterocycles. The minimum Gasteiger partial charge on any atom is -0.320 e. The van der Waals surface area contributed by atoms with Crippen molar-refractivity contribution in [2.45, 2.75) is 38.6 Å². The van der Waals surface area contributed by atoms with Crippen LogP contribution in [0.1, 0.15) is 42.6 Å². The molecule has 0 saturated heterocycles. The lowest BCUT2D eigenvalue weighted by molar-refractivity contribution is 0.306. The summed E-state index contributed by atoms with van der Waals surface area (Å²) >= 11 is 0. The number of rotatable bonds is 3. The number of pyridine rings is 2. The average molecular weight is 403 g/mol. The van der Waals surface area contributed by atoms with E-state index in [2.05, 4.69) is 33.3 Å². The lowest BCUT2D eigenvalue weighted by Gasteiger charge is -2.27. The van der Waals surface area contributed by atoms with Crippen LogP contribution >= 0.6 is 0 Å². The number of nitrogens with one attached hydrogen (secondary N) is 1. The Morgan fingerprint density at radius 2 is 2.03 bits per heavy atom. The van der Waals surface area contributed by atoms with Crippen molar-refractivity contribution in [1.82, 2.24) is 24.4 Å². The summed E-state index contributed by atoms with van der Waals surface area (Å²) in [5.41, 5.74) is 5.75. The predicted octanol–water partition coefficient (Wildman–Crippen LogP) is 3.41. The highest BCUT2D eigenvalue weighted by Crippen LogP contribution is 2.30. The van der Waals surface area contributed by atoms with Crippen LogP contribution in [0.4, 0.5) is 11.6 Å². The average Bonchev–Trinajstić information content (AvgIpc) is 2.77. The highest BCUT2D eigenvalue weighted by molar-refractivity contribution is 5.89. The first kappa shape index (κ1) is 18.9. The van der Waals surface area contributed by atoms with E-state index >= 15 is 0 Å². The molecular weight excluding hydrogens is 376 g/mol. The Hall–Kier alpha value is -3.06. The summed E-state index contributed by atoms with van der Waals surface area (Å²) in [6.45, 7) is 1.80. The fourth-order valence-electron chi connectivity index (χ4n) is 4.48. The molecule has 7 heteroatoms. The molecule has 2 aliphatic rings. The molecule has 0 radical (unpaired) electrons. The molecule has 0 bridgehead atoms. The summed E-state index contributed by atoms with van der Waals surface area (Å²) in [6.07, 6.45) is 11.3. The summed E-state index contributed by atoms with van der Waals surface area (Å²) in [5.74, 6) is 0.425. The molecule has 30 heavy (non-hydrogen) atoms. The van der Waals surface area contributed by atoms with Crippen molar-refractivity contribution >= 4 is 28.1 Å². The molecule has 1 aliphatic heterocycles. The Morgan fingerprint density at radius 1 is 1.13 bits per heavy atom. The number of hydrogen-bond acceptors (Lipinski definition) is 6. The Morgan fingerprint density at radius 3 is 2.87 bits per heavy atom. The van der Waals surface area contributed by atoms with Gasteiger partial charge in [0.15, 0.2) is 0 Å². The van der Waals surface area contributed by atoms with E-state index in [0.717, 1.165) is 54.6 Å². The van der Waals surface area contributed by atoms with Crippen molar-refractivity contribution < 1.29 is 0 Å². The first-order valence-electron chi connectivity index (χ1n) is 10.6. The van der Waals surface area contributed by atoms with E-state index in [4.69, 9.17) is 4.98 Å². The van der Waals surface area contributed by atoms with Crippen molar-refractivity contribution in [3.8, 4) is 0 Å². The minimum absolute atomic E-state index is 0.0524. The van der Waals surface area contributed by atoms with Gasteiger partial charge in [-0.15, -0.1) is 0 Å². The van der Waals surface area contributed by atoms with Gasteiger partial charge in [0.25, 0.3) is 5.56 Å². The van der Waals surface area contributed by atoms with Crippen LogP contribution in [-0.4, -0.2) is 38.0 Å². The largest absolute Gasteiger partial charge is 0.320 e. The van der Waals surface area contributed by atoms with Gasteiger partial charge < -0.3 is 14.8 Å². The second-order valence-corrected chi connectivity index (χ2v) is 8.27. The van der Waals surface area contributed by atoms with Gasteiger partial charge in [-0.25, -0.2) is 9.97 Å². The normalized spacial score (nSPS) is 16.9. The maximum atomic E-state index is 12.9. The van der Waals surface area contributed by atoms with Gasteiger partial charge >= 0.3 is 0 Å². The van der Waals surface area contributed by atoms with Gasteiger partial charge in [-0.05, 0) is 56.0 Å². The molecule has 7 nitrogen and oxygen atoms in total. The highest BCUT2D eigenvalue weighted by atomic mass is 16.1. The second-order valence-electron chi connectivity index (χ2n) is 8.27. The van der Waals surface area contributed by atoms with Crippen LogP contribution in [0.5, 0.6) is 0 Å². The SMILES string of the molecule is CN1CCc2c(cc(Nc3ncc4ccnc(C5=CCCCC5)c4n3)c(=O)n2C)C1. The molecular formula is C23H26N6O. The number of likely N-dealkylation sites (N-methyl/N-ethyl adjacent to an activating group) is 1. The topological polar surface area (TPSA) is 75.9 Å². The quantitative estimate of drug-likeness (QED) is 0.724. The number of anilines is 2. The third kappa shape index (κ3) is 3.39. The summed E-state index contributed by atoms with van der Waals surface area (Å²) < 4.78 is 1.76. The monoisotopic (exact) mass is 402 g/mol. The third-order valence-electron chi connectivity index (χ3n) is 6.14. The number of hydrogen-bond donors (Lipinski definition) is 1. The van der Waals surface area contributed by atoms with Gasteiger partial charge in [0.05, 0.1) is 5.69 Å². The molecule has 154 valence electrons. The van der Waals surface area contributed by atoms with Gasteiger partial charge in [-0.2, -0.15) is 0 Å². The number of allylic oxidation sites excluding steroid dienone is 2. The molecule has 3 aromatic rings. The summed E-state index contributed by atoms with van der Waals surface area (Å²) in [5, 5.41) is 4.13. The number of fused-ring (bicyclic) bond motifs is 2. The van der Waals surface area contributed by atoms with Crippen LogP contribution in [0.15, 0.2) is 35.4 Å². The summed E-state index contributed by atoms with van der Waals surface area (Å²) in [6, 6.07) is 3.88. The van der Waals surface area contributed by atoms with Crippen LogP contribution in [0.3, 0.4) is 0 Å². The zero-order chi connectivity index (χ0) is 20.7. The zero-order valence-electron chi connectivity index (χ0n) is 17.5. The molecule has 4 heterocycles. The molecule has 0 aromatic carbocycles. The Kier molecular flexibility index (Phi) is 4.83. The Balaban J connectivity index is 1.55. The number of nitrogens with zero attached hydrogens (tertiary/aromatic N) is 5. The van der Waals surface area contributed by atoms with E-state index in [9.17, 15) is 4.79 Å². The summed E-state index contributed by atoms with van der Waals surface area (Å²) in [7, 11) is 3.94. The zero-order valence-corrected chi connectivity index (χ0v) is 17.5. The van der Waals surface area contributed by atoms with Crippen LogP contribution in [0.2, 0.25) is 0 Å². The van der Waals surface area contributed by atoms with Crippen LogP contribution < -0.4 is 10.9 Å². The molecule has 1 aliphatic carbocycles. The molecule has 1 N–H and O–H groups in total. The fourth-order valence-corrected chi connectivity index (χ4v) is 4.48. The Bertz CT molecular complexity index is 1210. The molecule has 0 unspecified atom stereocenters. The van der Waals surface area contributed by atoms with Crippen molar-refractivity contribution in [2.75, 3.05) is 18.9 Å². The lowest BCUT2D eigenvalue weighted by Crippen LogP contribution is -2.33. The van der Waals surface area contributed by atoms with E-state index in [-0.39, 0.29) is 5.56 Å². The molecule has 0 saturated carbocycles. The maximum absolute atomic E-state index is 12.9. The number of aromatic nitrogens is 4. The van der Waals surface area contributed by atoms with Crippen molar-refractivity contribution in [3.63, 3.8) is 0 Å². The van der Waals surface area contributed by atoms with Gasteiger partial charge in [0.2, 0.25) is 5.95 Å². The smallest absolute Gasteiger partial charge is 0.274 e. The fraction of sp³-hybridized carbons (Fsp3) is 0.391. The maximum Gasteiger partial charge on any atom is 0.274 e. The van der Waals surface area contributed by atoms with E-state index in [1.54, 1.807) is 10.8 Å². The summed E-state index contributed by atoms with van der Waals surface area (Å²) in [4.78, 5) is 29.0. The minimum atomic E-state index is -0.0524. The molecule has 0 amide bonds.